The zero-order valence-corrected chi connectivity index (χ0v) is 10.3. The lowest BCUT2D eigenvalue weighted by Gasteiger charge is -2.17. The lowest BCUT2D eigenvalue weighted by molar-refractivity contribution is -0.147. The first-order valence-corrected chi connectivity index (χ1v) is 5.56. The predicted molar refractivity (Wildman–Crippen MR) is 61.5 cm³/mol. The SMILES string of the molecule is CCOC(=O)[C@@H](N)[C@@H](O)c1cncc(Br)c1. The van der Waals surface area contributed by atoms with Crippen molar-refractivity contribution in [2.75, 3.05) is 6.61 Å². The van der Waals surface area contributed by atoms with Gasteiger partial charge in [0.1, 0.15) is 12.1 Å². The summed E-state index contributed by atoms with van der Waals surface area (Å²) in [6.07, 6.45) is 1.91. The monoisotopic (exact) mass is 288 g/mol. The molecule has 1 heterocycles. The van der Waals surface area contributed by atoms with Crippen LogP contribution in [-0.2, 0) is 9.53 Å². The Kier molecular flexibility index (Phi) is 4.85. The summed E-state index contributed by atoms with van der Waals surface area (Å²) >= 11 is 3.22. The topological polar surface area (TPSA) is 85.4 Å². The van der Waals surface area contributed by atoms with E-state index >= 15 is 0 Å². The number of esters is 1. The average molecular weight is 289 g/mol. The third kappa shape index (κ3) is 3.26. The quantitative estimate of drug-likeness (QED) is 0.800. The van der Waals surface area contributed by atoms with Crippen LogP contribution < -0.4 is 5.73 Å². The first-order chi connectivity index (χ1) is 7.56. The van der Waals surface area contributed by atoms with Crippen molar-refractivity contribution < 1.29 is 14.6 Å². The van der Waals surface area contributed by atoms with Gasteiger partial charge in [0, 0.05) is 22.4 Å². The molecule has 2 atom stereocenters. The number of nitrogens with two attached hydrogens (primary N) is 1. The Morgan fingerprint density at radius 3 is 2.94 bits per heavy atom. The zero-order valence-electron chi connectivity index (χ0n) is 8.76. The number of aromatic nitrogens is 1. The molecule has 0 aliphatic heterocycles. The number of aliphatic hydroxyl groups is 1. The van der Waals surface area contributed by atoms with Gasteiger partial charge in [0.25, 0.3) is 0 Å². The first-order valence-electron chi connectivity index (χ1n) is 4.77. The highest BCUT2D eigenvalue weighted by Crippen LogP contribution is 2.19. The van der Waals surface area contributed by atoms with Crippen LogP contribution in [0.25, 0.3) is 0 Å². The van der Waals surface area contributed by atoms with Crippen LogP contribution in [0.3, 0.4) is 0 Å². The molecular formula is C10H13BrN2O3. The fourth-order valence-electron chi connectivity index (χ4n) is 1.16. The lowest BCUT2D eigenvalue weighted by Crippen LogP contribution is -2.38. The van der Waals surface area contributed by atoms with Gasteiger partial charge in [-0.05, 0) is 28.9 Å². The fraction of sp³-hybridized carbons (Fsp3) is 0.400. The standard InChI is InChI=1S/C10H13BrN2O3/c1-2-16-10(15)8(12)9(14)6-3-7(11)5-13-4-6/h3-5,8-9,14H,2,12H2,1H3/t8-,9-/m0/s1. The molecule has 1 aromatic heterocycles. The predicted octanol–water partition coefficient (Wildman–Crippen LogP) is 0.768. The minimum atomic E-state index is -1.12. The van der Waals surface area contributed by atoms with E-state index in [-0.39, 0.29) is 6.61 Å². The van der Waals surface area contributed by atoms with E-state index < -0.39 is 18.1 Å². The Labute approximate surface area is 102 Å². The number of carbonyl (C=O) groups excluding carboxylic acids is 1. The van der Waals surface area contributed by atoms with Gasteiger partial charge in [-0.3, -0.25) is 9.78 Å². The van der Waals surface area contributed by atoms with Crippen LogP contribution >= 0.6 is 15.9 Å². The van der Waals surface area contributed by atoms with E-state index in [1.165, 1.54) is 6.20 Å². The number of rotatable bonds is 4. The van der Waals surface area contributed by atoms with Crippen LogP contribution in [0.2, 0.25) is 0 Å². The molecule has 88 valence electrons. The maximum absolute atomic E-state index is 11.3. The number of pyridine rings is 1. The average Bonchev–Trinajstić information content (AvgIpc) is 2.27. The second kappa shape index (κ2) is 5.93. The summed E-state index contributed by atoms with van der Waals surface area (Å²) in [5.41, 5.74) is 6.03. The maximum Gasteiger partial charge on any atom is 0.325 e. The minimum Gasteiger partial charge on any atom is -0.465 e. The van der Waals surface area contributed by atoms with Gasteiger partial charge in [0.15, 0.2) is 0 Å². The summed E-state index contributed by atoms with van der Waals surface area (Å²) in [7, 11) is 0. The number of ether oxygens (including phenoxy) is 1. The summed E-state index contributed by atoms with van der Waals surface area (Å²) in [5.74, 6) is -0.630. The molecule has 0 aliphatic rings. The lowest BCUT2D eigenvalue weighted by atomic mass is 10.1. The van der Waals surface area contributed by atoms with Crippen molar-refractivity contribution in [3.63, 3.8) is 0 Å². The molecule has 1 aromatic rings. The molecular weight excluding hydrogens is 276 g/mol. The molecule has 0 spiro atoms. The van der Waals surface area contributed by atoms with Crippen molar-refractivity contribution in [1.82, 2.24) is 4.98 Å². The Morgan fingerprint density at radius 2 is 2.38 bits per heavy atom. The van der Waals surface area contributed by atoms with Gasteiger partial charge in [0.2, 0.25) is 0 Å². The van der Waals surface area contributed by atoms with Gasteiger partial charge in [-0.1, -0.05) is 0 Å². The molecule has 5 nitrogen and oxygen atoms in total. The molecule has 0 aromatic carbocycles. The van der Waals surface area contributed by atoms with E-state index in [4.69, 9.17) is 10.5 Å². The second-order valence-corrected chi connectivity index (χ2v) is 4.07. The summed E-state index contributed by atoms with van der Waals surface area (Å²) in [4.78, 5) is 15.2. The van der Waals surface area contributed by atoms with E-state index in [0.717, 1.165) is 0 Å². The number of aliphatic hydroxyl groups excluding tert-OH is 1. The first kappa shape index (κ1) is 13.1. The molecule has 3 N–H and O–H groups in total. The molecule has 0 radical (unpaired) electrons. The molecule has 0 saturated heterocycles. The largest absolute Gasteiger partial charge is 0.465 e. The summed E-state index contributed by atoms with van der Waals surface area (Å²) < 4.78 is 5.43. The van der Waals surface area contributed by atoms with Crippen LogP contribution in [0.15, 0.2) is 22.9 Å². The van der Waals surface area contributed by atoms with Crippen molar-refractivity contribution in [1.29, 1.82) is 0 Å². The Hall–Kier alpha value is -0.980. The smallest absolute Gasteiger partial charge is 0.325 e. The van der Waals surface area contributed by atoms with Crippen LogP contribution in [-0.4, -0.2) is 28.7 Å². The van der Waals surface area contributed by atoms with E-state index in [1.54, 1.807) is 19.2 Å². The van der Waals surface area contributed by atoms with Crippen molar-refractivity contribution in [3.8, 4) is 0 Å². The minimum absolute atomic E-state index is 0.232. The number of hydrogen-bond donors (Lipinski definition) is 2. The van der Waals surface area contributed by atoms with E-state index in [1.807, 2.05) is 0 Å². The van der Waals surface area contributed by atoms with Gasteiger partial charge in [-0.25, -0.2) is 0 Å². The van der Waals surface area contributed by atoms with Gasteiger partial charge >= 0.3 is 5.97 Å². The van der Waals surface area contributed by atoms with Gasteiger partial charge < -0.3 is 15.6 Å². The highest BCUT2D eigenvalue weighted by Gasteiger charge is 2.25. The van der Waals surface area contributed by atoms with Gasteiger partial charge in [-0.15, -0.1) is 0 Å². The number of nitrogens with zero attached hydrogens (tertiary/aromatic N) is 1. The van der Waals surface area contributed by atoms with Crippen LogP contribution in [0.1, 0.15) is 18.6 Å². The molecule has 0 aliphatic carbocycles. The summed E-state index contributed by atoms with van der Waals surface area (Å²) in [5, 5.41) is 9.82. The van der Waals surface area contributed by atoms with Gasteiger partial charge in [0.05, 0.1) is 6.61 Å². The van der Waals surface area contributed by atoms with Crippen molar-refractivity contribution >= 4 is 21.9 Å². The van der Waals surface area contributed by atoms with Crippen molar-refractivity contribution in [2.45, 2.75) is 19.1 Å². The van der Waals surface area contributed by atoms with Crippen LogP contribution in [0.5, 0.6) is 0 Å². The highest BCUT2D eigenvalue weighted by molar-refractivity contribution is 9.10. The van der Waals surface area contributed by atoms with E-state index in [2.05, 4.69) is 20.9 Å². The molecule has 1 rings (SSSR count). The van der Waals surface area contributed by atoms with Crippen LogP contribution in [0, 0.1) is 0 Å². The third-order valence-corrected chi connectivity index (χ3v) is 2.40. The normalized spacial score (nSPS) is 14.2. The molecule has 0 amide bonds. The van der Waals surface area contributed by atoms with E-state index in [9.17, 15) is 9.90 Å². The second-order valence-electron chi connectivity index (χ2n) is 3.16. The molecule has 0 saturated carbocycles. The summed E-state index contributed by atoms with van der Waals surface area (Å²) in [6.45, 7) is 1.91. The Bertz CT molecular complexity index is 373. The van der Waals surface area contributed by atoms with Crippen molar-refractivity contribution in [3.05, 3.63) is 28.5 Å². The van der Waals surface area contributed by atoms with Crippen molar-refractivity contribution in [2.24, 2.45) is 5.73 Å². The Morgan fingerprint density at radius 1 is 1.69 bits per heavy atom. The third-order valence-electron chi connectivity index (χ3n) is 1.97. The molecule has 0 unspecified atom stereocenters. The zero-order chi connectivity index (χ0) is 12.1. The number of hydrogen-bond acceptors (Lipinski definition) is 5. The molecule has 0 bridgehead atoms. The molecule has 16 heavy (non-hydrogen) atoms. The number of carbonyl (C=O) groups is 1. The van der Waals surface area contributed by atoms with Gasteiger partial charge in [-0.2, -0.15) is 0 Å². The molecule has 0 fully saturated rings. The number of halogens is 1. The summed E-state index contributed by atoms with van der Waals surface area (Å²) in [6, 6.07) is 0.549. The van der Waals surface area contributed by atoms with E-state index in [0.29, 0.717) is 10.0 Å². The highest BCUT2D eigenvalue weighted by atomic mass is 79.9. The molecule has 6 heteroatoms. The fourth-order valence-corrected chi connectivity index (χ4v) is 1.55. The van der Waals surface area contributed by atoms with Crippen LogP contribution in [0.4, 0.5) is 0 Å². The maximum atomic E-state index is 11.3. The Balaban J connectivity index is 2.77.